The number of piperidine rings is 1. The molecule has 1 aliphatic heterocycles. The van der Waals surface area contributed by atoms with Crippen molar-refractivity contribution in [2.75, 3.05) is 13.7 Å². The van der Waals surface area contributed by atoms with E-state index in [1.807, 2.05) is 4.90 Å². The Labute approximate surface area is 154 Å². The highest BCUT2D eigenvalue weighted by atomic mass is 16.5. The zero-order chi connectivity index (χ0) is 19.4. The molecule has 1 amide bonds. The first-order valence-corrected chi connectivity index (χ1v) is 9.10. The zero-order valence-corrected chi connectivity index (χ0v) is 16.2. The van der Waals surface area contributed by atoms with Crippen molar-refractivity contribution in [3.63, 3.8) is 0 Å². The van der Waals surface area contributed by atoms with Crippen molar-refractivity contribution >= 4 is 17.8 Å². The van der Waals surface area contributed by atoms with Crippen molar-refractivity contribution in [1.29, 1.82) is 0 Å². The fourth-order valence-electron chi connectivity index (χ4n) is 3.58. The van der Waals surface area contributed by atoms with Crippen LogP contribution >= 0.6 is 0 Å². The number of likely N-dealkylation sites (tertiary alicyclic amines) is 1. The van der Waals surface area contributed by atoms with Crippen LogP contribution in [0.25, 0.3) is 0 Å². The topological polar surface area (TPSA) is 88.7 Å². The molecular weight excluding hydrogens is 336 g/mol. The first-order chi connectivity index (χ1) is 12.3. The second-order valence-electron chi connectivity index (χ2n) is 6.75. The summed E-state index contributed by atoms with van der Waals surface area (Å²) in [6.07, 6.45) is 3.09. The minimum absolute atomic E-state index is 0.168. The molecule has 26 heavy (non-hydrogen) atoms. The zero-order valence-electron chi connectivity index (χ0n) is 16.2. The van der Waals surface area contributed by atoms with Crippen LogP contribution in [0.3, 0.4) is 0 Å². The van der Waals surface area contributed by atoms with Crippen LogP contribution in [-0.2, 0) is 14.3 Å². The van der Waals surface area contributed by atoms with Gasteiger partial charge in [-0.15, -0.1) is 0 Å². The van der Waals surface area contributed by atoms with Crippen molar-refractivity contribution in [1.82, 2.24) is 9.88 Å². The summed E-state index contributed by atoms with van der Waals surface area (Å²) in [5.74, 6) is -1.33. The number of nitrogens with zero attached hydrogens (tertiary/aromatic N) is 1. The maximum atomic E-state index is 12.7. The molecule has 2 heterocycles. The number of ether oxygens (including phenoxy) is 2. The molecule has 0 unspecified atom stereocenters. The number of methoxy groups -OCH3 is 1. The van der Waals surface area contributed by atoms with Gasteiger partial charge in [0.05, 0.1) is 12.7 Å². The summed E-state index contributed by atoms with van der Waals surface area (Å²) in [6.45, 7) is 7.69. The van der Waals surface area contributed by atoms with Gasteiger partial charge in [-0.2, -0.15) is 0 Å². The molecule has 1 aromatic heterocycles. The molecule has 2 rings (SSSR count). The van der Waals surface area contributed by atoms with Crippen LogP contribution < -0.4 is 0 Å². The maximum absolute atomic E-state index is 12.7. The van der Waals surface area contributed by atoms with E-state index in [1.165, 1.54) is 7.11 Å². The summed E-state index contributed by atoms with van der Waals surface area (Å²) in [7, 11) is 1.29. The maximum Gasteiger partial charge on any atom is 0.355 e. The molecule has 1 N–H and O–H groups in total. The highest BCUT2D eigenvalue weighted by Crippen LogP contribution is 2.23. The fourth-order valence-corrected chi connectivity index (χ4v) is 3.58. The lowest BCUT2D eigenvalue weighted by molar-refractivity contribution is -0.143. The molecule has 1 aromatic rings. The van der Waals surface area contributed by atoms with E-state index >= 15 is 0 Å². The van der Waals surface area contributed by atoms with Gasteiger partial charge in [-0.05, 0) is 52.0 Å². The average Bonchev–Trinajstić information content (AvgIpc) is 2.94. The second kappa shape index (κ2) is 8.38. The van der Waals surface area contributed by atoms with E-state index in [2.05, 4.69) is 11.9 Å². The molecule has 0 radical (unpaired) electrons. The number of aromatic nitrogens is 1. The third-order valence-electron chi connectivity index (χ3n) is 5.04. The molecule has 2 atom stereocenters. The number of amides is 1. The molecule has 1 saturated heterocycles. The van der Waals surface area contributed by atoms with Crippen LogP contribution in [0.5, 0.6) is 0 Å². The molecule has 0 aromatic carbocycles. The minimum atomic E-state index is -0.876. The molecule has 144 valence electrons. The van der Waals surface area contributed by atoms with E-state index in [1.54, 1.807) is 20.8 Å². The standard InChI is InChI=1S/C19H28N2O5/c1-6-14-9-7-8-10-21(14)17(22)13(4)26-19(24)16-11(2)15(12(3)20-16)18(23)25-5/h13-14,20H,6-10H2,1-5H3/t13-,14+/m1/s1. The van der Waals surface area contributed by atoms with Crippen molar-refractivity contribution in [3.05, 3.63) is 22.5 Å². The van der Waals surface area contributed by atoms with Crippen molar-refractivity contribution in [3.8, 4) is 0 Å². The monoisotopic (exact) mass is 364 g/mol. The first-order valence-electron chi connectivity index (χ1n) is 9.10. The lowest BCUT2D eigenvalue weighted by Gasteiger charge is -2.36. The van der Waals surface area contributed by atoms with Gasteiger partial charge in [0.2, 0.25) is 0 Å². The van der Waals surface area contributed by atoms with Crippen LogP contribution in [0.4, 0.5) is 0 Å². The molecule has 0 spiro atoms. The Hall–Kier alpha value is -2.31. The van der Waals surface area contributed by atoms with Gasteiger partial charge in [0, 0.05) is 18.3 Å². The van der Waals surface area contributed by atoms with Gasteiger partial charge in [0.1, 0.15) is 5.69 Å². The van der Waals surface area contributed by atoms with Gasteiger partial charge in [-0.25, -0.2) is 9.59 Å². The molecule has 0 saturated carbocycles. The number of aryl methyl sites for hydroxylation is 1. The molecule has 1 fully saturated rings. The Morgan fingerprint density at radius 1 is 1.23 bits per heavy atom. The Morgan fingerprint density at radius 3 is 2.54 bits per heavy atom. The first kappa shape index (κ1) is 20.0. The van der Waals surface area contributed by atoms with Crippen LogP contribution in [0.2, 0.25) is 0 Å². The van der Waals surface area contributed by atoms with Gasteiger partial charge in [-0.1, -0.05) is 6.92 Å². The number of H-pyrrole nitrogens is 1. The summed E-state index contributed by atoms with van der Waals surface area (Å²) in [5.41, 5.74) is 1.49. The van der Waals surface area contributed by atoms with E-state index in [0.717, 1.165) is 25.7 Å². The fraction of sp³-hybridized carbons (Fsp3) is 0.632. The Morgan fingerprint density at radius 2 is 1.92 bits per heavy atom. The SMILES string of the molecule is CC[C@H]1CCCCN1C(=O)[C@@H](C)OC(=O)c1[nH]c(C)c(C(=O)OC)c1C. The van der Waals surface area contributed by atoms with E-state index < -0.39 is 18.0 Å². The van der Waals surface area contributed by atoms with Crippen LogP contribution in [0, 0.1) is 13.8 Å². The van der Waals surface area contributed by atoms with Gasteiger partial charge >= 0.3 is 11.9 Å². The number of hydrogen-bond donors (Lipinski definition) is 1. The minimum Gasteiger partial charge on any atom is -0.465 e. The molecule has 7 heteroatoms. The third kappa shape index (κ3) is 3.92. The highest BCUT2D eigenvalue weighted by molar-refractivity contribution is 5.99. The van der Waals surface area contributed by atoms with Gasteiger partial charge in [-0.3, -0.25) is 4.79 Å². The van der Waals surface area contributed by atoms with Gasteiger partial charge in [0.25, 0.3) is 5.91 Å². The predicted molar refractivity (Wildman–Crippen MR) is 96.1 cm³/mol. The van der Waals surface area contributed by atoms with Crippen molar-refractivity contribution < 1.29 is 23.9 Å². The number of carbonyl (C=O) groups is 3. The van der Waals surface area contributed by atoms with Crippen LogP contribution in [0.1, 0.15) is 71.6 Å². The summed E-state index contributed by atoms with van der Waals surface area (Å²) in [6, 6.07) is 0.206. The van der Waals surface area contributed by atoms with Gasteiger partial charge in [0.15, 0.2) is 6.10 Å². The largest absolute Gasteiger partial charge is 0.465 e. The predicted octanol–water partition coefficient (Wildman–Crippen LogP) is 2.75. The molecule has 0 bridgehead atoms. The van der Waals surface area contributed by atoms with Gasteiger partial charge < -0.3 is 19.4 Å². The van der Waals surface area contributed by atoms with Crippen LogP contribution in [-0.4, -0.2) is 53.5 Å². The normalized spacial score (nSPS) is 18.3. The Bertz CT molecular complexity index is 694. The summed E-state index contributed by atoms with van der Waals surface area (Å²) in [4.78, 5) is 41.8. The quantitative estimate of drug-likeness (QED) is 0.812. The van der Waals surface area contributed by atoms with Crippen LogP contribution in [0.15, 0.2) is 0 Å². The molecule has 1 aliphatic rings. The number of aromatic amines is 1. The summed E-state index contributed by atoms with van der Waals surface area (Å²) < 4.78 is 10.1. The molecule has 0 aliphatic carbocycles. The van der Waals surface area contributed by atoms with E-state index in [9.17, 15) is 14.4 Å². The lowest BCUT2D eigenvalue weighted by Crippen LogP contribution is -2.48. The van der Waals surface area contributed by atoms with E-state index in [0.29, 0.717) is 23.4 Å². The number of rotatable bonds is 5. The van der Waals surface area contributed by atoms with Crippen molar-refractivity contribution in [2.24, 2.45) is 0 Å². The molecular formula is C19H28N2O5. The van der Waals surface area contributed by atoms with E-state index in [4.69, 9.17) is 9.47 Å². The summed E-state index contributed by atoms with van der Waals surface area (Å²) >= 11 is 0. The van der Waals surface area contributed by atoms with Crippen molar-refractivity contribution in [2.45, 2.75) is 65.5 Å². The summed E-state index contributed by atoms with van der Waals surface area (Å²) in [5, 5.41) is 0. The van der Waals surface area contributed by atoms with E-state index in [-0.39, 0.29) is 17.6 Å². The highest BCUT2D eigenvalue weighted by Gasteiger charge is 2.32. The Kier molecular flexibility index (Phi) is 6.45. The number of carbonyl (C=O) groups excluding carboxylic acids is 3. The number of nitrogens with one attached hydrogen (secondary N) is 1. The smallest absolute Gasteiger partial charge is 0.355 e. The average molecular weight is 364 g/mol. The third-order valence-corrected chi connectivity index (χ3v) is 5.04. The number of hydrogen-bond acceptors (Lipinski definition) is 5. The second-order valence-corrected chi connectivity index (χ2v) is 6.75. The number of esters is 2. The lowest BCUT2D eigenvalue weighted by atomic mass is 9.99. The Balaban J connectivity index is 2.12. The molecule has 7 nitrogen and oxygen atoms in total.